The van der Waals surface area contributed by atoms with Gasteiger partial charge in [0, 0.05) is 28.6 Å². The summed E-state index contributed by atoms with van der Waals surface area (Å²) < 4.78 is 5.83. The summed E-state index contributed by atoms with van der Waals surface area (Å²) in [6, 6.07) is 12.1. The molecule has 1 heterocycles. The lowest BCUT2D eigenvalue weighted by atomic mass is 10.1. The van der Waals surface area contributed by atoms with Crippen LogP contribution >= 0.6 is 12.6 Å². The van der Waals surface area contributed by atoms with Crippen LogP contribution in [0.25, 0.3) is 21.7 Å². The monoisotopic (exact) mass is 285 g/mol. The lowest BCUT2D eigenvalue weighted by Gasteiger charge is -2.00. The normalized spacial score (nSPS) is 11.1. The molecule has 3 nitrogen and oxygen atoms in total. The molecule has 0 radical (unpaired) electrons. The Morgan fingerprint density at radius 1 is 1.20 bits per heavy atom. The average molecular weight is 285 g/mol. The second-order valence-electron chi connectivity index (χ2n) is 4.70. The fourth-order valence-corrected chi connectivity index (χ4v) is 2.53. The minimum Gasteiger partial charge on any atom is -0.450 e. The molecule has 1 amide bonds. The van der Waals surface area contributed by atoms with Gasteiger partial charge in [0.05, 0.1) is 0 Å². The van der Waals surface area contributed by atoms with Gasteiger partial charge in [0.1, 0.15) is 5.58 Å². The Hall–Kier alpha value is -1.94. The predicted molar refractivity (Wildman–Crippen MR) is 84.6 cm³/mol. The molecule has 0 aliphatic carbocycles. The van der Waals surface area contributed by atoms with Crippen LogP contribution in [-0.2, 0) is 0 Å². The molecule has 3 rings (SSSR count). The number of rotatable bonds is 3. The summed E-state index contributed by atoms with van der Waals surface area (Å²) in [4.78, 5) is 12.1. The molecule has 0 aliphatic heterocycles. The Morgan fingerprint density at radius 2 is 2.00 bits per heavy atom. The molecule has 3 aromatic rings. The molecule has 0 spiro atoms. The molecule has 0 saturated heterocycles. The Morgan fingerprint density at radius 3 is 2.80 bits per heavy atom. The maximum absolute atomic E-state index is 12.1. The standard InChI is InChI=1S/C16H15NO2S/c1-10-12-7-6-11-4-2-3-5-13(11)15(12)19-14(10)16(18)17-8-9-20/h2-7,20H,8-9H2,1H3,(H,17,18). The first-order valence-electron chi connectivity index (χ1n) is 6.52. The zero-order chi connectivity index (χ0) is 14.1. The molecule has 102 valence electrons. The number of carbonyl (C=O) groups excluding carboxylic acids is 1. The number of aryl methyl sites for hydroxylation is 1. The van der Waals surface area contributed by atoms with E-state index in [2.05, 4.69) is 24.0 Å². The Bertz CT molecular complexity index is 792. The van der Waals surface area contributed by atoms with Gasteiger partial charge in [-0.25, -0.2) is 0 Å². The Balaban J connectivity index is 2.18. The highest BCUT2D eigenvalue weighted by molar-refractivity contribution is 7.80. The van der Waals surface area contributed by atoms with E-state index in [9.17, 15) is 4.79 Å². The number of hydrogen-bond donors (Lipinski definition) is 2. The molecule has 1 aromatic heterocycles. The minimum atomic E-state index is -0.183. The summed E-state index contributed by atoms with van der Waals surface area (Å²) in [6.07, 6.45) is 0. The van der Waals surface area contributed by atoms with E-state index in [1.165, 1.54) is 0 Å². The number of thiol groups is 1. The molecule has 0 bridgehead atoms. The van der Waals surface area contributed by atoms with Crippen molar-refractivity contribution in [1.82, 2.24) is 5.32 Å². The van der Waals surface area contributed by atoms with Crippen molar-refractivity contribution in [2.75, 3.05) is 12.3 Å². The van der Waals surface area contributed by atoms with Crippen LogP contribution in [0.2, 0.25) is 0 Å². The predicted octanol–water partition coefficient (Wildman–Crippen LogP) is 3.55. The van der Waals surface area contributed by atoms with Gasteiger partial charge < -0.3 is 9.73 Å². The summed E-state index contributed by atoms with van der Waals surface area (Å²) in [6.45, 7) is 2.44. The van der Waals surface area contributed by atoms with Crippen LogP contribution in [0.3, 0.4) is 0 Å². The maximum Gasteiger partial charge on any atom is 0.287 e. The van der Waals surface area contributed by atoms with Crippen molar-refractivity contribution in [3.8, 4) is 0 Å². The summed E-state index contributed by atoms with van der Waals surface area (Å²) in [5.41, 5.74) is 1.65. The van der Waals surface area contributed by atoms with E-state index in [4.69, 9.17) is 4.42 Å². The van der Waals surface area contributed by atoms with Gasteiger partial charge in [0.2, 0.25) is 0 Å². The summed E-state index contributed by atoms with van der Waals surface area (Å²) >= 11 is 4.09. The van der Waals surface area contributed by atoms with Crippen LogP contribution in [0.1, 0.15) is 16.1 Å². The molecule has 0 atom stereocenters. The van der Waals surface area contributed by atoms with Gasteiger partial charge in [0.25, 0.3) is 5.91 Å². The molecule has 0 aliphatic rings. The van der Waals surface area contributed by atoms with E-state index < -0.39 is 0 Å². The van der Waals surface area contributed by atoms with Crippen molar-refractivity contribution < 1.29 is 9.21 Å². The van der Waals surface area contributed by atoms with E-state index in [0.717, 1.165) is 27.3 Å². The van der Waals surface area contributed by atoms with Gasteiger partial charge in [-0.05, 0) is 12.3 Å². The third kappa shape index (κ3) is 2.06. The molecule has 4 heteroatoms. The van der Waals surface area contributed by atoms with Crippen molar-refractivity contribution in [2.45, 2.75) is 6.92 Å². The fourth-order valence-electron chi connectivity index (χ4n) is 2.42. The van der Waals surface area contributed by atoms with Crippen LogP contribution < -0.4 is 5.32 Å². The van der Waals surface area contributed by atoms with Crippen LogP contribution in [0.15, 0.2) is 40.8 Å². The smallest absolute Gasteiger partial charge is 0.287 e. The number of benzene rings is 2. The first-order valence-corrected chi connectivity index (χ1v) is 7.15. The zero-order valence-corrected chi connectivity index (χ0v) is 12.0. The van der Waals surface area contributed by atoms with Crippen LogP contribution in [0.5, 0.6) is 0 Å². The van der Waals surface area contributed by atoms with Gasteiger partial charge >= 0.3 is 0 Å². The van der Waals surface area contributed by atoms with Crippen molar-refractivity contribution in [1.29, 1.82) is 0 Å². The molecule has 20 heavy (non-hydrogen) atoms. The maximum atomic E-state index is 12.1. The number of fused-ring (bicyclic) bond motifs is 3. The molecule has 0 saturated carbocycles. The fraction of sp³-hybridized carbons (Fsp3) is 0.188. The van der Waals surface area contributed by atoms with Crippen molar-refractivity contribution >= 4 is 40.3 Å². The van der Waals surface area contributed by atoms with Crippen molar-refractivity contribution in [3.05, 3.63) is 47.7 Å². The minimum absolute atomic E-state index is 0.183. The number of furan rings is 1. The lowest BCUT2D eigenvalue weighted by Crippen LogP contribution is -2.25. The van der Waals surface area contributed by atoms with Gasteiger partial charge in [-0.3, -0.25) is 4.79 Å². The third-order valence-electron chi connectivity index (χ3n) is 3.43. The van der Waals surface area contributed by atoms with Gasteiger partial charge in [-0.2, -0.15) is 12.6 Å². The number of hydrogen-bond acceptors (Lipinski definition) is 3. The summed E-state index contributed by atoms with van der Waals surface area (Å²) in [7, 11) is 0. The van der Waals surface area contributed by atoms with E-state index in [1.807, 2.05) is 37.3 Å². The second-order valence-corrected chi connectivity index (χ2v) is 5.15. The SMILES string of the molecule is Cc1c(C(=O)NCCS)oc2c1ccc1ccccc12. The van der Waals surface area contributed by atoms with Gasteiger partial charge in [-0.15, -0.1) is 0 Å². The van der Waals surface area contributed by atoms with E-state index in [0.29, 0.717) is 18.1 Å². The van der Waals surface area contributed by atoms with E-state index in [1.54, 1.807) is 0 Å². The van der Waals surface area contributed by atoms with E-state index >= 15 is 0 Å². The van der Waals surface area contributed by atoms with Gasteiger partial charge in [0.15, 0.2) is 5.76 Å². The summed E-state index contributed by atoms with van der Waals surface area (Å²) in [5.74, 6) is 0.809. The average Bonchev–Trinajstić information content (AvgIpc) is 2.82. The second kappa shape index (κ2) is 5.21. The van der Waals surface area contributed by atoms with Gasteiger partial charge in [-0.1, -0.05) is 36.4 Å². The highest BCUT2D eigenvalue weighted by atomic mass is 32.1. The van der Waals surface area contributed by atoms with Crippen molar-refractivity contribution in [3.63, 3.8) is 0 Å². The molecule has 0 fully saturated rings. The zero-order valence-electron chi connectivity index (χ0n) is 11.1. The quantitative estimate of drug-likeness (QED) is 0.723. The van der Waals surface area contributed by atoms with Crippen LogP contribution in [-0.4, -0.2) is 18.2 Å². The van der Waals surface area contributed by atoms with E-state index in [-0.39, 0.29) is 5.91 Å². The third-order valence-corrected chi connectivity index (χ3v) is 3.66. The Labute approximate surface area is 122 Å². The van der Waals surface area contributed by atoms with Crippen molar-refractivity contribution in [2.24, 2.45) is 0 Å². The first-order chi connectivity index (χ1) is 9.72. The summed E-state index contributed by atoms with van der Waals surface area (Å²) in [5, 5.41) is 5.91. The molecular formula is C16H15NO2S. The number of carbonyl (C=O) groups is 1. The highest BCUT2D eigenvalue weighted by Crippen LogP contribution is 2.31. The first kappa shape index (κ1) is 13.1. The largest absolute Gasteiger partial charge is 0.450 e. The molecular weight excluding hydrogens is 270 g/mol. The number of nitrogens with one attached hydrogen (secondary N) is 1. The number of amides is 1. The highest BCUT2D eigenvalue weighted by Gasteiger charge is 2.18. The molecule has 2 aromatic carbocycles. The molecule has 0 unspecified atom stereocenters. The molecule has 1 N–H and O–H groups in total. The van der Waals surface area contributed by atoms with Crippen LogP contribution in [0, 0.1) is 6.92 Å². The topological polar surface area (TPSA) is 42.2 Å². The lowest BCUT2D eigenvalue weighted by molar-refractivity contribution is 0.0930. The Kier molecular flexibility index (Phi) is 3.40. The van der Waals surface area contributed by atoms with Crippen LogP contribution in [0.4, 0.5) is 0 Å².